The first-order valence-electron chi connectivity index (χ1n) is 25.1. The summed E-state index contributed by atoms with van der Waals surface area (Å²) < 4.78 is 11.0. The molecule has 0 aliphatic rings. The van der Waals surface area contributed by atoms with Crippen molar-refractivity contribution in [3.63, 3.8) is 0 Å². The van der Waals surface area contributed by atoms with Gasteiger partial charge in [-0.05, 0) is 19.3 Å². The first kappa shape index (κ1) is 57.2. The molecule has 0 rings (SSSR count). The van der Waals surface area contributed by atoms with Gasteiger partial charge in [-0.15, -0.1) is 0 Å². The Morgan fingerprint density at radius 3 is 1.14 bits per heavy atom. The Morgan fingerprint density at radius 1 is 0.448 bits per heavy atom. The maximum Gasteiger partial charge on any atom is 0.220 e. The minimum Gasteiger partial charge on any atom is -0.390 e. The summed E-state index contributed by atoms with van der Waals surface area (Å²) in [7, 11) is 1.31. The van der Waals surface area contributed by atoms with Gasteiger partial charge in [0, 0.05) is 13.5 Å². The van der Waals surface area contributed by atoms with Crippen LogP contribution in [0.5, 0.6) is 0 Å². The second-order valence-corrected chi connectivity index (χ2v) is 17.6. The van der Waals surface area contributed by atoms with E-state index < -0.39 is 42.9 Å². The highest BCUT2D eigenvalue weighted by atomic mass is 16.7. The van der Waals surface area contributed by atoms with E-state index in [0.717, 1.165) is 38.5 Å². The summed E-state index contributed by atoms with van der Waals surface area (Å²) in [5, 5.41) is 55.9. The Balaban J connectivity index is 4.43. The molecule has 9 nitrogen and oxygen atoms in total. The number of ether oxygens (including phenoxy) is 2. The first-order valence-corrected chi connectivity index (χ1v) is 25.1. The maximum absolute atomic E-state index is 13.0. The first-order chi connectivity index (χ1) is 28.2. The van der Waals surface area contributed by atoms with Crippen LogP contribution in [-0.4, -0.2) is 88.0 Å². The van der Waals surface area contributed by atoms with Crippen LogP contribution < -0.4 is 5.32 Å². The molecule has 0 radical (unpaired) electrons. The minimum atomic E-state index is -1.54. The summed E-state index contributed by atoms with van der Waals surface area (Å²) in [6.45, 7) is 5.97. The lowest BCUT2D eigenvalue weighted by atomic mass is 9.99. The Bertz CT molecular complexity index is 849. The van der Waals surface area contributed by atoms with Crippen molar-refractivity contribution < 1.29 is 39.8 Å². The molecule has 0 saturated carbocycles. The zero-order valence-corrected chi connectivity index (χ0v) is 38.7. The van der Waals surface area contributed by atoms with E-state index in [0.29, 0.717) is 12.8 Å². The molecule has 1 amide bonds. The van der Waals surface area contributed by atoms with Crippen molar-refractivity contribution in [3.8, 4) is 0 Å². The molecule has 9 heteroatoms. The van der Waals surface area contributed by atoms with Gasteiger partial charge in [-0.2, -0.15) is 0 Å². The van der Waals surface area contributed by atoms with Gasteiger partial charge < -0.3 is 40.3 Å². The number of hydrogen-bond acceptors (Lipinski definition) is 8. The van der Waals surface area contributed by atoms with Crippen molar-refractivity contribution in [3.05, 3.63) is 0 Å². The molecule has 0 saturated heterocycles. The molecule has 0 aliphatic carbocycles. The van der Waals surface area contributed by atoms with Gasteiger partial charge in [0.2, 0.25) is 5.91 Å². The number of unbranched alkanes of at least 4 members (excludes halogenated alkanes) is 31. The number of methoxy groups -OCH3 is 1. The molecule has 0 aliphatic heterocycles. The summed E-state index contributed by atoms with van der Waals surface area (Å²) in [5.74, 6) is -0.223. The third kappa shape index (κ3) is 33.9. The summed E-state index contributed by atoms with van der Waals surface area (Å²) in [5.41, 5.74) is 0. The minimum absolute atomic E-state index is 0.223. The van der Waals surface area contributed by atoms with E-state index in [1.165, 1.54) is 180 Å². The largest absolute Gasteiger partial charge is 0.390 e. The van der Waals surface area contributed by atoms with Crippen molar-refractivity contribution in [1.29, 1.82) is 0 Å². The SMILES string of the molecule is CCCCCCCCCCCCCCCCCCCCCCCC(=O)N[C@@H](COC(OC)C(O)[C@@H](O)[C@H](O)CC)[C@H](O)[C@H](O)CCCCCCCCCCCCCC. The van der Waals surface area contributed by atoms with Crippen LogP contribution in [0.3, 0.4) is 0 Å². The smallest absolute Gasteiger partial charge is 0.220 e. The number of rotatable bonds is 46. The van der Waals surface area contributed by atoms with Gasteiger partial charge in [-0.1, -0.05) is 226 Å². The number of hydrogen-bond donors (Lipinski definition) is 6. The molecule has 0 aromatic carbocycles. The van der Waals surface area contributed by atoms with Crippen molar-refractivity contribution in [2.24, 2.45) is 0 Å². The van der Waals surface area contributed by atoms with Crippen LogP contribution in [0.1, 0.15) is 252 Å². The summed E-state index contributed by atoms with van der Waals surface area (Å²) in [4.78, 5) is 13.0. The van der Waals surface area contributed by atoms with E-state index in [4.69, 9.17) is 9.47 Å². The van der Waals surface area contributed by atoms with E-state index in [9.17, 15) is 30.3 Å². The predicted octanol–water partition coefficient (Wildman–Crippen LogP) is 11.4. The number of nitrogens with one attached hydrogen (secondary N) is 1. The topological polar surface area (TPSA) is 149 Å². The van der Waals surface area contributed by atoms with E-state index in [2.05, 4.69) is 19.2 Å². The number of carbonyl (C=O) groups excluding carboxylic acids is 1. The number of aliphatic hydroxyl groups is 5. The average molecular weight is 830 g/mol. The van der Waals surface area contributed by atoms with Crippen LogP contribution >= 0.6 is 0 Å². The number of aliphatic hydroxyl groups excluding tert-OH is 5. The molecule has 58 heavy (non-hydrogen) atoms. The molecule has 0 aromatic heterocycles. The highest BCUT2D eigenvalue weighted by Crippen LogP contribution is 2.18. The molecule has 0 bridgehead atoms. The van der Waals surface area contributed by atoms with Gasteiger partial charge in [0.05, 0.1) is 24.9 Å². The second kappa shape index (κ2) is 42.9. The summed E-state index contributed by atoms with van der Waals surface area (Å²) in [6.07, 6.45) is 35.0. The van der Waals surface area contributed by atoms with Crippen LogP contribution in [0, 0.1) is 0 Å². The number of amides is 1. The average Bonchev–Trinajstić information content (AvgIpc) is 3.23. The van der Waals surface area contributed by atoms with Crippen LogP contribution in [0.4, 0.5) is 0 Å². The predicted molar refractivity (Wildman–Crippen MR) is 242 cm³/mol. The summed E-state index contributed by atoms with van der Waals surface area (Å²) >= 11 is 0. The lowest BCUT2D eigenvalue weighted by Gasteiger charge is -2.32. The molecule has 0 spiro atoms. The Hall–Kier alpha value is -0.810. The second-order valence-electron chi connectivity index (χ2n) is 17.6. The third-order valence-corrected chi connectivity index (χ3v) is 12.1. The van der Waals surface area contributed by atoms with Gasteiger partial charge in [0.1, 0.15) is 18.3 Å². The molecule has 348 valence electrons. The molecular weight excluding hydrogens is 731 g/mol. The van der Waals surface area contributed by atoms with Gasteiger partial charge in [0.25, 0.3) is 0 Å². The maximum atomic E-state index is 13.0. The van der Waals surface area contributed by atoms with E-state index in [1.54, 1.807) is 6.92 Å². The van der Waals surface area contributed by atoms with Crippen molar-refractivity contribution in [2.75, 3.05) is 13.7 Å². The van der Waals surface area contributed by atoms with E-state index in [-0.39, 0.29) is 18.9 Å². The van der Waals surface area contributed by atoms with Crippen molar-refractivity contribution in [2.45, 2.75) is 295 Å². The van der Waals surface area contributed by atoms with Gasteiger partial charge in [-0.3, -0.25) is 4.79 Å². The number of carbonyl (C=O) groups is 1. The zero-order chi connectivity index (χ0) is 42.9. The lowest BCUT2D eigenvalue weighted by Crippen LogP contribution is -2.53. The van der Waals surface area contributed by atoms with Crippen LogP contribution in [-0.2, 0) is 14.3 Å². The monoisotopic (exact) mass is 830 g/mol. The van der Waals surface area contributed by atoms with Crippen LogP contribution in [0.25, 0.3) is 0 Å². The molecular formula is C49H99NO8. The molecule has 0 heterocycles. The van der Waals surface area contributed by atoms with Crippen molar-refractivity contribution in [1.82, 2.24) is 5.32 Å². The van der Waals surface area contributed by atoms with Gasteiger partial charge in [-0.25, -0.2) is 0 Å². The standard InChI is InChI=1S/C49H99NO8/c1-5-8-10-12-14-16-18-20-21-22-23-24-25-26-27-28-30-32-34-36-38-40-45(53)50-42(41-58-49(57-4)48(56)47(55)43(51)7-3)46(54)44(52)39-37-35-33-31-29-19-17-15-13-11-9-6-2/h42-44,46-49,51-52,54-56H,5-41H2,1-4H3,(H,50,53)/t42-,43+,44+,46-,47-,48?,49?/m0/s1. The molecule has 0 fully saturated rings. The van der Waals surface area contributed by atoms with E-state index in [1.807, 2.05) is 0 Å². The van der Waals surface area contributed by atoms with Crippen molar-refractivity contribution >= 4 is 5.91 Å². The zero-order valence-electron chi connectivity index (χ0n) is 38.7. The molecule has 6 N–H and O–H groups in total. The highest BCUT2D eigenvalue weighted by molar-refractivity contribution is 5.76. The fourth-order valence-electron chi connectivity index (χ4n) is 7.99. The fraction of sp³-hybridized carbons (Fsp3) is 0.980. The third-order valence-electron chi connectivity index (χ3n) is 12.1. The highest BCUT2D eigenvalue weighted by Gasteiger charge is 2.34. The van der Waals surface area contributed by atoms with Gasteiger partial charge in [0.15, 0.2) is 6.29 Å². The fourth-order valence-corrected chi connectivity index (χ4v) is 7.99. The normalized spacial score (nSPS) is 15.5. The Morgan fingerprint density at radius 2 is 0.793 bits per heavy atom. The van der Waals surface area contributed by atoms with Crippen LogP contribution in [0.15, 0.2) is 0 Å². The molecule has 0 aromatic rings. The Labute approximate surface area is 358 Å². The molecule has 2 unspecified atom stereocenters. The van der Waals surface area contributed by atoms with Crippen LogP contribution in [0.2, 0.25) is 0 Å². The quantitative estimate of drug-likeness (QED) is 0.0262. The summed E-state index contributed by atoms with van der Waals surface area (Å²) in [6, 6.07) is -0.937. The van der Waals surface area contributed by atoms with E-state index >= 15 is 0 Å². The Kier molecular flexibility index (Phi) is 42.3. The molecule has 7 atom stereocenters. The van der Waals surface area contributed by atoms with Gasteiger partial charge >= 0.3 is 0 Å². The lowest BCUT2D eigenvalue weighted by molar-refractivity contribution is -0.220.